The van der Waals surface area contributed by atoms with Crippen LogP contribution in [0.5, 0.6) is 0 Å². The predicted molar refractivity (Wildman–Crippen MR) is 103 cm³/mol. The molecule has 30 heavy (non-hydrogen) atoms. The molecule has 2 aliphatic heterocycles. The van der Waals surface area contributed by atoms with Crippen LogP contribution in [0.1, 0.15) is 11.1 Å². The van der Waals surface area contributed by atoms with E-state index in [-0.39, 0.29) is 5.69 Å². The molecule has 2 atom stereocenters. The Hall–Kier alpha value is -3.69. The van der Waals surface area contributed by atoms with E-state index in [1.165, 1.54) is 0 Å². The largest absolute Gasteiger partial charge is 0.322 e. The number of anilines is 2. The zero-order valence-electron chi connectivity index (χ0n) is 16.1. The van der Waals surface area contributed by atoms with Crippen LogP contribution in [0.3, 0.4) is 0 Å². The molecule has 0 aliphatic carbocycles. The van der Waals surface area contributed by atoms with E-state index in [2.05, 4.69) is 15.7 Å². The van der Waals surface area contributed by atoms with Crippen molar-refractivity contribution in [3.05, 3.63) is 59.2 Å². The van der Waals surface area contributed by atoms with Gasteiger partial charge < -0.3 is 5.32 Å². The molecule has 1 saturated heterocycles. The number of carbonyl (C=O) groups is 3. The summed E-state index contributed by atoms with van der Waals surface area (Å²) in [6.45, 7) is 3.36. The molecule has 2 aromatic carbocycles. The highest BCUT2D eigenvalue weighted by molar-refractivity contribution is 6.25. The molecule has 0 unspecified atom stereocenters. The van der Waals surface area contributed by atoms with E-state index >= 15 is 0 Å². The standard InChI is InChI=1S/C20H17F2N5O3/c1-10-3-5-13(7-11(10)2)27-19(29)17-18(20(27)30)26(25-24-17)9-16(28)23-15-6-4-12(21)8-14(15)22/h3-8,17-18H,9H2,1-2H3,(H,23,28)/t17-,18-/m0/s1. The first kappa shape index (κ1) is 19.6. The fourth-order valence-corrected chi connectivity index (χ4v) is 3.40. The number of halogens is 2. The zero-order chi connectivity index (χ0) is 21.6. The number of rotatable bonds is 4. The minimum atomic E-state index is -1.05. The molecule has 0 aromatic heterocycles. The van der Waals surface area contributed by atoms with Crippen LogP contribution < -0.4 is 10.2 Å². The third kappa shape index (κ3) is 3.30. The van der Waals surface area contributed by atoms with Crippen LogP contribution in [0.15, 0.2) is 46.7 Å². The van der Waals surface area contributed by atoms with Crippen LogP contribution in [0, 0.1) is 25.5 Å². The third-order valence-corrected chi connectivity index (χ3v) is 5.12. The molecule has 1 fully saturated rings. The number of hydrogen-bond acceptors (Lipinski definition) is 6. The summed E-state index contributed by atoms with van der Waals surface area (Å²) in [7, 11) is 0. The molecule has 3 amide bonds. The Morgan fingerprint density at radius 2 is 1.83 bits per heavy atom. The van der Waals surface area contributed by atoms with E-state index in [1.54, 1.807) is 12.1 Å². The SMILES string of the molecule is Cc1ccc(N2C(=O)[C@H]3N=NN(CC(=O)Nc4ccc(F)cc4F)[C@@H]3C2=O)cc1C. The second-order valence-electron chi connectivity index (χ2n) is 7.14. The first-order valence-electron chi connectivity index (χ1n) is 9.13. The number of hydrogen-bond donors (Lipinski definition) is 1. The van der Waals surface area contributed by atoms with Crippen molar-refractivity contribution in [3.8, 4) is 0 Å². The van der Waals surface area contributed by atoms with Gasteiger partial charge in [0.2, 0.25) is 5.91 Å². The average molecular weight is 413 g/mol. The maximum Gasteiger partial charge on any atom is 0.263 e. The molecule has 0 bridgehead atoms. The van der Waals surface area contributed by atoms with Crippen LogP contribution in [-0.4, -0.2) is 41.4 Å². The highest BCUT2D eigenvalue weighted by Crippen LogP contribution is 2.32. The highest BCUT2D eigenvalue weighted by Gasteiger charge is 2.55. The van der Waals surface area contributed by atoms with Crippen molar-refractivity contribution >= 4 is 29.1 Å². The molecule has 8 nitrogen and oxygen atoms in total. The van der Waals surface area contributed by atoms with E-state index in [9.17, 15) is 23.2 Å². The predicted octanol–water partition coefficient (Wildman–Crippen LogP) is 2.51. The lowest BCUT2D eigenvalue weighted by Crippen LogP contribution is -2.43. The first-order chi connectivity index (χ1) is 14.3. The van der Waals surface area contributed by atoms with Gasteiger partial charge in [0.05, 0.1) is 11.4 Å². The van der Waals surface area contributed by atoms with Crippen LogP contribution in [0.2, 0.25) is 0 Å². The summed E-state index contributed by atoms with van der Waals surface area (Å²) >= 11 is 0. The Kier molecular flexibility index (Phi) is 4.76. The van der Waals surface area contributed by atoms with Gasteiger partial charge in [0, 0.05) is 6.07 Å². The molecule has 4 rings (SSSR count). The third-order valence-electron chi connectivity index (χ3n) is 5.12. The van der Waals surface area contributed by atoms with Gasteiger partial charge in [-0.3, -0.25) is 19.4 Å². The molecular formula is C20H17F2N5O3. The fourth-order valence-electron chi connectivity index (χ4n) is 3.40. The molecule has 154 valence electrons. The molecular weight excluding hydrogens is 396 g/mol. The van der Waals surface area contributed by atoms with Gasteiger partial charge in [-0.2, -0.15) is 5.11 Å². The lowest BCUT2D eigenvalue weighted by atomic mass is 10.1. The maximum atomic E-state index is 13.7. The van der Waals surface area contributed by atoms with Crippen molar-refractivity contribution in [2.24, 2.45) is 10.3 Å². The van der Waals surface area contributed by atoms with Crippen LogP contribution in [0.25, 0.3) is 0 Å². The van der Waals surface area contributed by atoms with Crippen LogP contribution in [-0.2, 0) is 14.4 Å². The van der Waals surface area contributed by atoms with Crippen molar-refractivity contribution in [2.45, 2.75) is 25.9 Å². The van der Waals surface area contributed by atoms with E-state index in [0.29, 0.717) is 11.8 Å². The number of amides is 3. The minimum Gasteiger partial charge on any atom is -0.322 e. The summed E-state index contributed by atoms with van der Waals surface area (Å²) in [6.07, 6.45) is 0. The summed E-state index contributed by atoms with van der Waals surface area (Å²) in [5, 5.41) is 11.0. The van der Waals surface area contributed by atoms with Gasteiger partial charge in [-0.15, -0.1) is 0 Å². The zero-order valence-corrected chi connectivity index (χ0v) is 16.1. The molecule has 2 aromatic rings. The Balaban J connectivity index is 1.50. The maximum absolute atomic E-state index is 13.7. The fraction of sp³-hybridized carbons (Fsp3) is 0.250. The molecule has 0 saturated carbocycles. The van der Waals surface area contributed by atoms with Crippen LogP contribution >= 0.6 is 0 Å². The van der Waals surface area contributed by atoms with Gasteiger partial charge in [-0.1, -0.05) is 11.3 Å². The van der Waals surface area contributed by atoms with E-state index in [1.807, 2.05) is 19.9 Å². The number of nitrogens with zero attached hydrogens (tertiary/aromatic N) is 4. The Bertz CT molecular complexity index is 1100. The van der Waals surface area contributed by atoms with Gasteiger partial charge >= 0.3 is 0 Å². The van der Waals surface area contributed by atoms with Crippen molar-refractivity contribution in [3.63, 3.8) is 0 Å². The Labute approximate surface area is 170 Å². The van der Waals surface area contributed by atoms with Crippen molar-refractivity contribution in [2.75, 3.05) is 16.8 Å². The summed E-state index contributed by atoms with van der Waals surface area (Å²) < 4.78 is 26.7. The molecule has 2 heterocycles. The Morgan fingerprint density at radius 1 is 1.07 bits per heavy atom. The van der Waals surface area contributed by atoms with Gasteiger partial charge in [-0.05, 0) is 49.2 Å². The monoisotopic (exact) mass is 413 g/mol. The molecule has 0 spiro atoms. The number of imide groups is 1. The second kappa shape index (κ2) is 7.29. The highest BCUT2D eigenvalue weighted by atomic mass is 19.1. The van der Waals surface area contributed by atoms with Crippen molar-refractivity contribution in [1.82, 2.24) is 5.01 Å². The molecule has 0 radical (unpaired) electrons. The first-order valence-corrected chi connectivity index (χ1v) is 9.13. The van der Waals surface area contributed by atoms with E-state index < -0.39 is 48.0 Å². The second-order valence-corrected chi connectivity index (χ2v) is 7.14. The summed E-state index contributed by atoms with van der Waals surface area (Å²) in [4.78, 5) is 39.0. The number of carbonyl (C=O) groups excluding carboxylic acids is 3. The lowest BCUT2D eigenvalue weighted by Gasteiger charge is -2.20. The van der Waals surface area contributed by atoms with E-state index in [4.69, 9.17) is 0 Å². The quantitative estimate of drug-likeness (QED) is 0.780. The lowest BCUT2D eigenvalue weighted by molar-refractivity contribution is -0.123. The molecule has 2 aliphatic rings. The smallest absolute Gasteiger partial charge is 0.263 e. The topological polar surface area (TPSA) is 94.4 Å². The van der Waals surface area contributed by atoms with Gasteiger partial charge in [0.25, 0.3) is 11.8 Å². The molecule has 1 N–H and O–H groups in total. The van der Waals surface area contributed by atoms with Crippen LogP contribution in [0.4, 0.5) is 20.2 Å². The van der Waals surface area contributed by atoms with Crippen molar-refractivity contribution in [1.29, 1.82) is 0 Å². The summed E-state index contributed by atoms with van der Waals surface area (Å²) in [5.41, 5.74) is 2.16. The van der Waals surface area contributed by atoms with Gasteiger partial charge in [0.15, 0.2) is 12.1 Å². The normalized spacial score (nSPS) is 20.1. The number of benzene rings is 2. The number of nitrogens with one attached hydrogen (secondary N) is 1. The average Bonchev–Trinajstić information content (AvgIpc) is 3.20. The summed E-state index contributed by atoms with van der Waals surface area (Å²) in [5.74, 6) is -3.46. The van der Waals surface area contributed by atoms with Gasteiger partial charge in [0.1, 0.15) is 18.2 Å². The summed E-state index contributed by atoms with van der Waals surface area (Å²) in [6, 6.07) is 5.85. The minimum absolute atomic E-state index is 0.209. The van der Waals surface area contributed by atoms with Gasteiger partial charge in [-0.25, -0.2) is 13.7 Å². The Morgan fingerprint density at radius 3 is 2.53 bits per heavy atom. The molecule has 10 heteroatoms. The number of fused-ring (bicyclic) bond motifs is 1. The van der Waals surface area contributed by atoms with Crippen molar-refractivity contribution < 1.29 is 23.2 Å². The number of aryl methyl sites for hydroxylation is 2. The van der Waals surface area contributed by atoms with E-state index in [0.717, 1.165) is 33.2 Å².